The first-order valence-electron chi connectivity index (χ1n) is 6.80. The summed E-state index contributed by atoms with van der Waals surface area (Å²) in [5.41, 5.74) is 0.573. The summed E-state index contributed by atoms with van der Waals surface area (Å²) in [5, 5.41) is 2.82. The largest absolute Gasteiger partial charge is 0.496 e. The molecular formula is C15H19FN2O3. The van der Waals surface area contributed by atoms with E-state index in [1.54, 1.807) is 14.0 Å². The van der Waals surface area contributed by atoms with Gasteiger partial charge in [0.05, 0.1) is 19.1 Å². The summed E-state index contributed by atoms with van der Waals surface area (Å²) in [4.78, 5) is 25.2. The van der Waals surface area contributed by atoms with Gasteiger partial charge in [0.2, 0.25) is 11.8 Å². The van der Waals surface area contributed by atoms with Crippen molar-refractivity contribution in [3.8, 4) is 5.75 Å². The summed E-state index contributed by atoms with van der Waals surface area (Å²) in [6.07, 6.45) is 0.218. The van der Waals surface area contributed by atoms with E-state index in [1.165, 1.54) is 30.2 Å². The van der Waals surface area contributed by atoms with E-state index >= 15 is 0 Å². The first kappa shape index (κ1) is 15.3. The van der Waals surface area contributed by atoms with Crippen molar-refractivity contribution in [3.63, 3.8) is 0 Å². The monoisotopic (exact) mass is 294 g/mol. The number of hydrogen-bond acceptors (Lipinski definition) is 3. The molecule has 1 heterocycles. The third kappa shape index (κ3) is 3.32. The zero-order valence-electron chi connectivity index (χ0n) is 12.4. The molecule has 0 bridgehead atoms. The molecule has 0 radical (unpaired) electrons. The second-order valence-corrected chi connectivity index (χ2v) is 5.29. The van der Waals surface area contributed by atoms with Crippen LogP contribution in [0.5, 0.6) is 5.75 Å². The number of nitrogens with one attached hydrogen (secondary N) is 1. The van der Waals surface area contributed by atoms with Crippen molar-refractivity contribution >= 4 is 11.8 Å². The van der Waals surface area contributed by atoms with E-state index in [9.17, 15) is 14.0 Å². The number of amides is 2. The number of nitrogens with zero attached hydrogens (tertiary/aromatic N) is 1. The predicted octanol–water partition coefficient (Wildman–Crippen LogP) is 1.49. The van der Waals surface area contributed by atoms with Gasteiger partial charge in [-0.25, -0.2) is 4.39 Å². The minimum atomic E-state index is -0.399. The van der Waals surface area contributed by atoms with Gasteiger partial charge in [-0.2, -0.15) is 0 Å². The van der Waals surface area contributed by atoms with Gasteiger partial charge in [0.15, 0.2) is 0 Å². The van der Waals surface area contributed by atoms with Crippen LogP contribution in [0.1, 0.15) is 24.9 Å². The summed E-state index contributed by atoms with van der Waals surface area (Å²) < 4.78 is 18.5. The van der Waals surface area contributed by atoms with Crippen molar-refractivity contribution in [2.24, 2.45) is 5.92 Å². The molecule has 0 saturated carbocycles. The quantitative estimate of drug-likeness (QED) is 0.915. The number of carbonyl (C=O) groups is 2. The topological polar surface area (TPSA) is 58.6 Å². The number of benzene rings is 1. The maximum absolute atomic E-state index is 13.4. The first-order valence-corrected chi connectivity index (χ1v) is 6.80. The van der Waals surface area contributed by atoms with Gasteiger partial charge < -0.3 is 15.0 Å². The van der Waals surface area contributed by atoms with E-state index in [1.807, 2.05) is 0 Å². The molecule has 5 nitrogen and oxygen atoms in total. The average molecular weight is 294 g/mol. The maximum atomic E-state index is 13.4. The highest BCUT2D eigenvalue weighted by Gasteiger charge is 2.32. The van der Waals surface area contributed by atoms with E-state index in [4.69, 9.17) is 4.74 Å². The molecule has 2 atom stereocenters. The van der Waals surface area contributed by atoms with Gasteiger partial charge in [-0.1, -0.05) is 0 Å². The SMILES string of the molecule is COc1ccc(F)cc1[C@H](C)NC(=O)[C@H]1CC(=O)N(C)C1. The molecule has 1 aliphatic rings. The Balaban J connectivity index is 2.08. The van der Waals surface area contributed by atoms with Crippen molar-refractivity contribution in [1.82, 2.24) is 10.2 Å². The Bertz CT molecular complexity index is 562. The van der Waals surface area contributed by atoms with Crippen LogP contribution >= 0.6 is 0 Å². The highest BCUT2D eigenvalue weighted by Crippen LogP contribution is 2.26. The molecular weight excluding hydrogens is 275 g/mol. The minimum Gasteiger partial charge on any atom is -0.496 e. The molecule has 114 valence electrons. The molecule has 21 heavy (non-hydrogen) atoms. The molecule has 2 amide bonds. The highest BCUT2D eigenvalue weighted by molar-refractivity contribution is 5.89. The van der Waals surface area contributed by atoms with Gasteiger partial charge >= 0.3 is 0 Å². The van der Waals surface area contributed by atoms with Crippen molar-refractivity contribution in [3.05, 3.63) is 29.6 Å². The summed E-state index contributed by atoms with van der Waals surface area (Å²) in [5.74, 6) is -0.464. The molecule has 0 unspecified atom stereocenters. The van der Waals surface area contributed by atoms with Crippen LogP contribution in [0.2, 0.25) is 0 Å². The van der Waals surface area contributed by atoms with Gasteiger partial charge in [0.25, 0.3) is 0 Å². The molecule has 1 aromatic rings. The number of methoxy groups -OCH3 is 1. The van der Waals surface area contributed by atoms with E-state index in [-0.39, 0.29) is 30.0 Å². The number of hydrogen-bond donors (Lipinski definition) is 1. The highest BCUT2D eigenvalue weighted by atomic mass is 19.1. The molecule has 0 aromatic heterocycles. The lowest BCUT2D eigenvalue weighted by Crippen LogP contribution is -2.34. The fraction of sp³-hybridized carbons (Fsp3) is 0.467. The van der Waals surface area contributed by atoms with Gasteiger partial charge in [0.1, 0.15) is 11.6 Å². The van der Waals surface area contributed by atoms with Crippen LogP contribution in [0.25, 0.3) is 0 Å². The lowest BCUT2D eigenvalue weighted by molar-refractivity contribution is -0.128. The Morgan fingerprint density at radius 3 is 2.81 bits per heavy atom. The predicted molar refractivity (Wildman–Crippen MR) is 75.3 cm³/mol. The zero-order chi connectivity index (χ0) is 15.6. The summed E-state index contributed by atoms with van der Waals surface area (Å²) >= 11 is 0. The summed E-state index contributed by atoms with van der Waals surface area (Å²) in [6.45, 7) is 2.17. The van der Waals surface area contributed by atoms with E-state index in [0.717, 1.165) is 0 Å². The first-order chi connectivity index (χ1) is 9.92. The standard InChI is InChI=1S/C15H19FN2O3/c1-9(12-7-11(16)4-5-13(12)21-3)17-15(20)10-6-14(19)18(2)8-10/h4-5,7,9-10H,6,8H2,1-3H3,(H,17,20)/t9-,10-/m0/s1. The Morgan fingerprint density at radius 1 is 1.52 bits per heavy atom. The molecule has 0 spiro atoms. The average Bonchev–Trinajstić information content (AvgIpc) is 2.78. The van der Waals surface area contributed by atoms with Crippen molar-refractivity contribution < 1.29 is 18.7 Å². The van der Waals surface area contributed by atoms with Gasteiger partial charge in [0, 0.05) is 25.6 Å². The van der Waals surface area contributed by atoms with Crippen LogP contribution in [-0.4, -0.2) is 37.4 Å². The number of ether oxygens (including phenoxy) is 1. The van der Waals surface area contributed by atoms with Crippen molar-refractivity contribution in [2.45, 2.75) is 19.4 Å². The lowest BCUT2D eigenvalue weighted by atomic mass is 10.0. The Morgan fingerprint density at radius 2 is 2.24 bits per heavy atom. The van der Waals surface area contributed by atoms with Crippen LogP contribution < -0.4 is 10.1 Å². The zero-order valence-corrected chi connectivity index (χ0v) is 12.4. The molecule has 1 fully saturated rings. The number of rotatable bonds is 4. The smallest absolute Gasteiger partial charge is 0.225 e. The molecule has 6 heteroatoms. The normalized spacial score (nSPS) is 19.5. The van der Waals surface area contributed by atoms with E-state index in [2.05, 4.69) is 5.32 Å². The number of likely N-dealkylation sites (tertiary alicyclic amines) is 1. The van der Waals surface area contributed by atoms with Crippen molar-refractivity contribution in [1.29, 1.82) is 0 Å². The fourth-order valence-corrected chi connectivity index (χ4v) is 2.49. The molecule has 1 N–H and O–H groups in total. The maximum Gasteiger partial charge on any atom is 0.225 e. The lowest BCUT2D eigenvalue weighted by Gasteiger charge is -2.19. The molecule has 1 aliphatic heterocycles. The van der Waals surface area contributed by atoms with Crippen LogP contribution in [-0.2, 0) is 9.59 Å². The number of carbonyl (C=O) groups excluding carboxylic acids is 2. The van der Waals surface area contributed by atoms with Crippen LogP contribution in [0, 0.1) is 11.7 Å². The summed E-state index contributed by atoms with van der Waals surface area (Å²) in [6, 6.07) is 3.78. The van der Waals surface area contributed by atoms with Crippen LogP contribution in [0.3, 0.4) is 0 Å². The third-order valence-electron chi connectivity index (χ3n) is 3.73. The van der Waals surface area contributed by atoms with Gasteiger partial charge in [-0.15, -0.1) is 0 Å². The molecule has 2 rings (SSSR count). The summed E-state index contributed by atoms with van der Waals surface area (Å²) in [7, 11) is 3.17. The number of halogens is 1. The van der Waals surface area contributed by atoms with E-state index < -0.39 is 6.04 Å². The molecule has 0 aliphatic carbocycles. The van der Waals surface area contributed by atoms with Crippen LogP contribution in [0.4, 0.5) is 4.39 Å². The second-order valence-electron chi connectivity index (χ2n) is 5.29. The van der Waals surface area contributed by atoms with Crippen LogP contribution in [0.15, 0.2) is 18.2 Å². The molecule has 1 saturated heterocycles. The fourth-order valence-electron chi connectivity index (χ4n) is 2.49. The van der Waals surface area contributed by atoms with Gasteiger partial charge in [-0.05, 0) is 25.1 Å². The second kappa shape index (κ2) is 6.11. The third-order valence-corrected chi connectivity index (χ3v) is 3.73. The van der Waals surface area contributed by atoms with E-state index in [0.29, 0.717) is 17.9 Å². The Kier molecular flexibility index (Phi) is 4.45. The Hall–Kier alpha value is -2.11. The molecule has 1 aromatic carbocycles. The minimum absolute atomic E-state index is 0.0360. The van der Waals surface area contributed by atoms with Crippen molar-refractivity contribution in [2.75, 3.05) is 20.7 Å². The van der Waals surface area contributed by atoms with Gasteiger partial charge in [-0.3, -0.25) is 9.59 Å². The Labute approximate surface area is 123 Å².